The summed E-state index contributed by atoms with van der Waals surface area (Å²) in [5.74, 6) is -0.266. The Balaban J connectivity index is 1.78. The highest BCUT2D eigenvalue weighted by molar-refractivity contribution is 5.96. The lowest BCUT2D eigenvalue weighted by molar-refractivity contribution is 0.0526. The zero-order valence-corrected chi connectivity index (χ0v) is 15.8. The fourth-order valence-electron chi connectivity index (χ4n) is 2.98. The number of esters is 1. The zero-order chi connectivity index (χ0) is 19.8. The van der Waals surface area contributed by atoms with E-state index in [0.29, 0.717) is 24.2 Å². The standard InChI is InChI=1S/C24H23NO3/c1-2-28-24(27)20-13-15-21(16-14-20)25-22(18-9-5-3-6-10-18)17-23(26)19-11-7-4-8-12-19/h3-16,22,25H,2,17H2,1H3/t22-/m0/s1. The van der Waals surface area contributed by atoms with Crippen molar-refractivity contribution in [1.82, 2.24) is 0 Å². The van der Waals surface area contributed by atoms with Crippen LogP contribution in [-0.2, 0) is 4.74 Å². The van der Waals surface area contributed by atoms with E-state index in [9.17, 15) is 9.59 Å². The van der Waals surface area contributed by atoms with E-state index in [-0.39, 0.29) is 17.8 Å². The smallest absolute Gasteiger partial charge is 0.338 e. The first-order chi connectivity index (χ1) is 13.7. The molecule has 0 saturated heterocycles. The molecule has 3 aromatic carbocycles. The molecule has 0 radical (unpaired) electrons. The van der Waals surface area contributed by atoms with E-state index in [0.717, 1.165) is 11.3 Å². The van der Waals surface area contributed by atoms with Crippen LogP contribution in [0.1, 0.15) is 45.7 Å². The summed E-state index contributed by atoms with van der Waals surface area (Å²) < 4.78 is 5.02. The average Bonchev–Trinajstić information content (AvgIpc) is 2.75. The summed E-state index contributed by atoms with van der Waals surface area (Å²) in [7, 11) is 0. The number of hydrogen-bond donors (Lipinski definition) is 1. The van der Waals surface area contributed by atoms with Crippen LogP contribution in [0.3, 0.4) is 0 Å². The summed E-state index contributed by atoms with van der Waals surface area (Å²) >= 11 is 0. The molecule has 1 N–H and O–H groups in total. The van der Waals surface area contributed by atoms with E-state index in [4.69, 9.17) is 4.74 Å². The molecule has 0 aliphatic carbocycles. The van der Waals surface area contributed by atoms with Crippen molar-refractivity contribution in [3.63, 3.8) is 0 Å². The first-order valence-electron chi connectivity index (χ1n) is 9.34. The Kier molecular flexibility index (Phi) is 6.58. The van der Waals surface area contributed by atoms with Crippen LogP contribution in [0.15, 0.2) is 84.9 Å². The molecule has 0 aliphatic rings. The minimum Gasteiger partial charge on any atom is -0.462 e. The van der Waals surface area contributed by atoms with Gasteiger partial charge in [0.15, 0.2) is 5.78 Å². The predicted octanol–water partition coefficient (Wildman–Crippen LogP) is 5.29. The van der Waals surface area contributed by atoms with Gasteiger partial charge in [-0.25, -0.2) is 4.79 Å². The van der Waals surface area contributed by atoms with Crippen LogP contribution >= 0.6 is 0 Å². The Labute approximate surface area is 165 Å². The summed E-state index contributed by atoms with van der Waals surface area (Å²) in [6.07, 6.45) is 0.327. The lowest BCUT2D eigenvalue weighted by Gasteiger charge is -2.20. The topological polar surface area (TPSA) is 55.4 Å². The third kappa shape index (κ3) is 5.07. The molecule has 0 spiro atoms. The number of carbonyl (C=O) groups excluding carboxylic acids is 2. The second kappa shape index (κ2) is 9.51. The molecule has 142 valence electrons. The molecule has 4 heteroatoms. The predicted molar refractivity (Wildman–Crippen MR) is 111 cm³/mol. The van der Waals surface area contributed by atoms with E-state index in [2.05, 4.69) is 5.32 Å². The van der Waals surface area contributed by atoms with Gasteiger partial charge in [0.25, 0.3) is 0 Å². The number of anilines is 1. The molecular weight excluding hydrogens is 350 g/mol. The Hall–Kier alpha value is -3.40. The first kappa shape index (κ1) is 19.4. The fraction of sp³-hybridized carbons (Fsp3) is 0.167. The maximum absolute atomic E-state index is 12.7. The summed E-state index contributed by atoms with van der Waals surface area (Å²) in [5.41, 5.74) is 3.07. The molecular formula is C24H23NO3. The van der Waals surface area contributed by atoms with Crippen LogP contribution in [0, 0.1) is 0 Å². The normalized spacial score (nSPS) is 11.5. The van der Waals surface area contributed by atoms with Crippen LogP contribution in [0.4, 0.5) is 5.69 Å². The molecule has 0 aliphatic heterocycles. The van der Waals surface area contributed by atoms with Crippen LogP contribution in [0.5, 0.6) is 0 Å². The molecule has 28 heavy (non-hydrogen) atoms. The van der Waals surface area contributed by atoms with Crippen molar-refractivity contribution < 1.29 is 14.3 Å². The average molecular weight is 373 g/mol. The summed E-state index contributed by atoms with van der Waals surface area (Å²) in [4.78, 5) is 24.5. The number of Topliss-reactive ketones (excluding diaryl/α,β-unsaturated/α-hetero) is 1. The maximum Gasteiger partial charge on any atom is 0.338 e. The number of ketones is 1. The van der Waals surface area contributed by atoms with Gasteiger partial charge in [0.05, 0.1) is 18.2 Å². The molecule has 4 nitrogen and oxygen atoms in total. The molecule has 3 rings (SSSR count). The highest BCUT2D eigenvalue weighted by Gasteiger charge is 2.17. The highest BCUT2D eigenvalue weighted by atomic mass is 16.5. The van der Waals surface area contributed by atoms with Crippen molar-refractivity contribution in [2.45, 2.75) is 19.4 Å². The first-order valence-corrected chi connectivity index (χ1v) is 9.34. The largest absolute Gasteiger partial charge is 0.462 e. The van der Waals surface area contributed by atoms with Crippen molar-refractivity contribution in [2.75, 3.05) is 11.9 Å². The van der Waals surface area contributed by atoms with E-state index < -0.39 is 0 Å². The molecule has 0 aromatic heterocycles. The Morgan fingerprint density at radius 3 is 2.04 bits per heavy atom. The van der Waals surface area contributed by atoms with Crippen LogP contribution in [-0.4, -0.2) is 18.4 Å². The van der Waals surface area contributed by atoms with Gasteiger partial charge < -0.3 is 10.1 Å². The van der Waals surface area contributed by atoms with Gasteiger partial charge in [-0.3, -0.25) is 4.79 Å². The summed E-state index contributed by atoms with van der Waals surface area (Å²) in [5, 5.41) is 3.42. The van der Waals surface area contributed by atoms with Gasteiger partial charge in [0.1, 0.15) is 0 Å². The van der Waals surface area contributed by atoms with Gasteiger partial charge in [-0.15, -0.1) is 0 Å². The molecule has 1 atom stereocenters. The van der Waals surface area contributed by atoms with Gasteiger partial charge in [0.2, 0.25) is 0 Å². The monoisotopic (exact) mass is 373 g/mol. The van der Waals surface area contributed by atoms with Crippen LogP contribution in [0.25, 0.3) is 0 Å². The number of hydrogen-bond acceptors (Lipinski definition) is 4. The fourth-order valence-corrected chi connectivity index (χ4v) is 2.98. The maximum atomic E-state index is 12.7. The molecule has 0 bridgehead atoms. The third-order valence-corrected chi connectivity index (χ3v) is 4.42. The number of ether oxygens (including phenoxy) is 1. The number of benzene rings is 3. The van der Waals surface area contributed by atoms with Crippen LogP contribution in [0.2, 0.25) is 0 Å². The van der Waals surface area contributed by atoms with Crippen molar-refractivity contribution in [1.29, 1.82) is 0 Å². The minimum absolute atomic E-state index is 0.0742. The quantitative estimate of drug-likeness (QED) is 0.431. The Bertz CT molecular complexity index is 906. The Morgan fingerprint density at radius 2 is 1.43 bits per heavy atom. The van der Waals surface area contributed by atoms with Gasteiger partial charge in [-0.05, 0) is 36.8 Å². The minimum atomic E-state index is -0.340. The Morgan fingerprint density at radius 1 is 0.821 bits per heavy atom. The van der Waals surface area contributed by atoms with Crippen molar-refractivity contribution in [2.24, 2.45) is 0 Å². The van der Waals surface area contributed by atoms with Crippen molar-refractivity contribution in [3.8, 4) is 0 Å². The second-order valence-electron chi connectivity index (χ2n) is 6.40. The number of nitrogens with one attached hydrogen (secondary N) is 1. The molecule has 0 saturated carbocycles. The summed E-state index contributed by atoms with van der Waals surface area (Å²) in [6, 6.07) is 26.1. The number of rotatable bonds is 8. The number of carbonyl (C=O) groups is 2. The van der Waals surface area contributed by atoms with E-state index in [1.807, 2.05) is 72.8 Å². The van der Waals surface area contributed by atoms with Gasteiger partial charge in [0, 0.05) is 17.7 Å². The molecule has 0 fully saturated rings. The molecule has 0 amide bonds. The zero-order valence-electron chi connectivity index (χ0n) is 15.8. The highest BCUT2D eigenvalue weighted by Crippen LogP contribution is 2.25. The molecule has 0 heterocycles. The lowest BCUT2D eigenvalue weighted by Crippen LogP contribution is -2.16. The third-order valence-electron chi connectivity index (χ3n) is 4.42. The summed E-state index contributed by atoms with van der Waals surface area (Å²) in [6.45, 7) is 2.12. The van der Waals surface area contributed by atoms with Crippen molar-refractivity contribution in [3.05, 3.63) is 102 Å². The van der Waals surface area contributed by atoms with Gasteiger partial charge in [-0.2, -0.15) is 0 Å². The van der Waals surface area contributed by atoms with E-state index in [1.165, 1.54) is 0 Å². The molecule has 3 aromatic rings. The van der Waals surface area contributed by atoms with E-state index >= 15 is 0 Å². The molecule has 0 unspecified atom stereocenters. The van der Waals surface area contributed by atoms with Crippen LogP contribution < -0.4 is 5.32 Å². The van der Waals surface area contributed by atoms with Crippen molar-refractivity contribution >= 4 is 17.4 Å². The second-order valence-corrected chi connectivity index (χ2v) is 6.40. The van der Waals surface area contributed by atoms with Gasteiger partial charge >= 0.3 is 5.97 Å². The van der Waals surface area contributed by atoms with Gasteiger partial charge in [-0.1, -0.05) is 60.7 Å². The van der Waals surface area contributed by atoms with E-state index in [1.54, 1.807) is 19.1 Å². The lowest BCUT2D eigenvalue weighted by atomic mass is 9.97. The SMILES string of the molecule is CCOC(=O)c1ccc(N[C@@H](CC(=O)c2ccccc2)c2ccccc2)cc1.